The van der Waals surface area contributed by atoms with E-state index in [-0.39, 0.29) is 0 Å². The molecule has 3 nitrogen and oxygen atoms in total. The van der Waals surface area contributed by atoms with Gasteiger partial charge >= 0.3 is 6.03 Å². The van der Waals surface area contributed by atoms with Crippen molar-refractivity contribution < 1.29 is 4.79 Å². The average Bonchev–Trinajstić information content (AvgIpc) is 2.37. The van der Waals surface area contributed by atoms with Crippen LogP contribution < -0.4 is 10.6 Å². The number of hydrogen-bond acceptors (Lipinski definition) is 1. The third kappa shape index (κ3) is 4.03. The number of nitrogens with one attached hydrogen (secondary N) is 2. The number of anilines is 2. The third-order valence-electron chi connectivity index (χ3n) is 2.36. The molecule has 0 saturated heterocycles. The molecule has 0 bridgehead atoms. The molecule has 0 aliphatic heterocycles. The van der Waals surface area contributed by atoms with Crippen LogP contribution in [0.2, 0.25) is 15.1 Å². The molecule has 2 aromatic carbocycles. The Balaban J connectivity index is 2.11. The first-order valence-corrected chi connectivity index (χ1v) is 7.36. The molecule has 0 aromatic heterocycles. The van der Waals surface area contributed by atoms with Gasteiger partial charge in [0.15, 0.2) is 0 Å². The molecule has 0 atom stereocenters. The Kier molecular flexibility index (Phi) is 5.16. The molecular weight excluding hydrogens is 386 g/mol. The summed E-state index contributed by atoms with van der Waals surface area (Å²) in [5.74, 6) is 0. The lowest BCUT2D eigenvalue weighted by molar-refractivity contribution is 0.262. The van der Waals surface area contributed by atoms with Gasteiger partial charge in [0.2, 0.25) is 0 Å². The summed E-state index contributed by atoms with van der Waals surface area (Å²) in [5, 5.41) is 6.75. The summed E-state index contributed by atoms with van der Waals surface area (Å²) in [6, 6.07) is 9.43. The van der Waals surface area contributed by atoms with E-state index in [1.54, 1.807) is 36.4 Å². The molecule has 0 unspecified atom stereocenters. The molecule has 7 heteroatoms. The normalized spacial score (nSPS) is 10.2. The molecule has 0 aliphatic rings. The van der Waals surface area contributed by atoms with Crippen molar-refractivity contribution >= 4 is 68.1 Å². The van der Waals surface area contributed by atoms with E-state index in [1.807, 2.05) is 0 Å². The Morgan fingerprint density at radius 2 is 1.50 bits per heavy atom. The number of hydrogen-bond donors (Lipinski definition) is 2. The maximum atomic E-state index is 11.9. The van der Waals surface area contributed by atoms with Crippen LogP contribution in [0.25, 0.3) is 0 Å². The van der Waals surface area contributed by atoms with Gasteiger partial charge in [-0.3, -0.25) is 0 Å². The summed E-state index contributed by atoms with van der Waals surface area (Å²) in [5.41, 5.74) is 1.02. The van der Waals surface area contributed by atoms with Gasteiger partial charge in [0.1, 0.15) is 0 Å². The van der Waals surface area contributed by atoms with E-state index in [4.69, 9.17) is 34.8 Å². The van der Waals surface area contributed by atoms with E-state index in [2.05, 4.69) is 26.6 Å². The monoisotopic (exact) mass is 392 g/mol. The molecule has 0 aliphatic carbocycles. The zero-order valence-corrected chi connectivity index (χ0v) is 13.7. The minimum Gasteiger partial charge on any atom is -0.307 e. The molecule has 0 heterocycles. The van der Waals surface area contributed by atoms with E-state index in [0.29, 0.717) is 30.9 Å². The second-order valence-corrected chi connectivity index (χ2v) is 5.96. The van der Waals surface area contributed by atoms with Crippen molar-refractivity contribution in [1.29, 1.82) is 0 Å². The quantitative estimate of drug-likeness (QED) is 0.639. The van der Waals surface area contributed by atoms with Crippen LogP contribution in [-0.4, -0.2) is 6.03 Å². The van der Waals surface area contributed by atoms with Crippen LogP contribution in [0.3, 0.4) is 0 Å². The summed E-state index contributed by atoms with van der Waals surface area (Å²) < 4.78 is 0.678. The highest BCUT2D eigenvalue weighted by Crippen LogP contribution is 2.28. The number of halogens is 4. The Bertz CT molecular complexity index is 664. The predicted molar refractivity (Wildman–Crippen MR) is 88.3 cm³/mol. The highest BCUT2D eigenvalue weighted by atomic mass is 79.9. The van der Waals surface area contributed by atoms with Gasteiger partial charge in [0.05, 0.1) is 16.4 Å². The topological polar surface area (TPSA) is 41.1 Å². The molecule has 0 fully saturated rings. The smallest absolute Gasteiger partial charge is 0.307 e. The lowest BCUT2D eigenvalue weighted by Gasteiger charge is -2.10. The number of benzene rings is 2. The molecule has 2 aromatic rings. The molecule has 2 amide bonds. The Morgan fingerprint density at radius 3 is 2.20 bits per heavy atom. The van der Waals surface area contributed by atoms with E-state index in [1.165, 1.54) is 0 Å². The number of urea groups is 1. The molecule has 20 heavy (non-hydrogen) atoms. The van der Waals surface area contributed by atoms with E-state index >= 15 is 0 Å². The van der Waals surface area contributed by atoms with Crippen LogP contribution in [0.4, 0.5) is 16.2 Å². The lowest BCUT2D eigenvalue weighted by atomic mass is 10.3. The molecular formula is C13H8BrCl3N2O. The summed E-state index contributed by atoms with van der Waals surface area (Å²) in [6.07, 6.45) is 0. The molecule has 104 valence electrons. The lowest BCUT2D eigenvalue weighted by Crippen LogP contribution is -2.19. The van der Waals surface area contributed by atoms with Crippen LogP contribution >= 0.6 is 50.7 Å². The zero-order valence-electron chi connectivity index (χ0n) is 9.88. The molecule has 0 radical (unpaired) electrons. The zero-order chi connectivity index (χ0) is 14.7. The van der Waals surface area contributed by atoms with E-state index in [9.17, 15) is 4.79 Å². The van der Waals surface area contributed by atoms with Gasteiger partial charge < -0.3 is 10.6 Å². The van der Waals surface area contributed by atoms with Gasteiger partial charge in [-0.1, -0.05) is 34.8 Å². The molecule has 0 spiro atoms. The van der Waals surface area contributed by atoms with Gasteiger partial charge in [-0.2, -0.15) is 0 Å². The number of rotatable bonds is 2. The van der Waals surface area contributed by atoms with Crippen LogP contribution in [-0.2, 0) is 0 Å². The first kappa shape index (κ1) is 15.4. The van der Waals surface area contributed by atoms with Crippen molar-refractivity contribution in [2.75, 3.05) is 10.6 Å². The van der Waals surface area contributed by atoms with Crippen molar-refractivity contribution in [3.63, 3.8) is 0 Å². The number of carbonyl (C=O) groups excluding carboxylic acids is 1. The Morgan fingerprint density at radius 1 is 0.900 bits per heavy atom. The SMILES string of the molecule is O=C(Nc1cc(Cl)ccc1Cl)Nc1ccc(Cl)cc1Br. The fraction of sp³-hybridized carbons (Fsp3) is 0. The summed E-state index contributed by atoms with van der Waals surface area (Å²) in [6.45, 7) is 0. The number of amides is 2. The maximum absolute atomic E-state index is 11.9. The van der Waals surface area contributed by atoms with Gasteiger partial charge in [0, 0.05) is 14.5 Å². The highest BCUT2D eigenvalue weighted by molar-refractivity contribution is 9.10. The standard InChI is InChI=1S/C13H8BrCl3N2O/c14-9-5-7(15)2-4-11(9)18-13(20)19-12-6-8(16)1-3-10(12)17/h1-6H,(H2,18,19,20). The average molecular weight is 394 g/mol. The van der Waals surface area contributed by atoms with Crippen molar-refractivity contribution in [1.82, 2.24) is 0 Å². The first-order chi connectivity index (χ1) is 9.45. The largest absolute Gasteiger partial charge is 0.323 e. The Hall–Kier alpha value is -0.940. The van der Waals surface area contributed by atoms with Crippen LogP contribution in [0, 0.1) is 0 Å². The highest BCUT2D eigenvalue weighted by Gasteiger charge is 2.08. The van der Waals surface area contributed by atoms with Crippen molar-refractivity contribution in [2.24, 2.45) is 0 Å². The van der Waals surface area contributed by atoms with E-state index < -0.39 is 6.03 Å². The van der Waals surface area contributed by atoms with Crippen molar-refractivity contribution in [3.8, 4) is 0 Å². The maximum Gasteiger partial charge on any atom is 0.323 e. The fourth-order valence-corrected chi connectivity index (χ4v) is 2.58. The second-order valence-electron chi connectivity index (χ2n) is 3.83. The number of carbonyl (C=O) groups is 1. The van der Waals surface area contributed by atoms with Gasteiger partial charge in [-0.15, -0.1) is 0 Å². The minimum absolute atomic E-state index is 0.403. The summed E-state index contributed by atoms with van der Waals surface area (Å²) in [7, 11) is 0. The van der Waals surface area contributed by atoms with Crippen LogP contribution in [0.15, 0.2) is 40.9 Å². The minimum atomic E-state index is -0.433. The fourth-order valence-electron chi connectivity index (χ4n) is 1.46. The molecule has 0 saturated carbocycles. The molecule has 2 rings (SSSR count). The van der Waals surface area contributed by atoms with Crippen molar-refractivity contribution in [2.45, 2.75) is 0 Å². The molecule has 2 N–H and O–H groups in total. The second kappa shape index (κ2) is 6.68. The summed E-state index contributed by atoms with van der Waals surface area (Å²) in [4.78, 5) is 11.9. The predicted octanol–water partition coefficient (Wildman–Crippen LogP) is 6.05. The van der Waals surface area contributed by atoms with Gasteiger partial charge in [-0.05, 0) is 52.3 Å². The van der Waals surface area contributed by atoms with Crippen LogP contribution in [0.5, 0.6) is 0 Å². The third-order valence-corrected chi connectivity index (χ3v) is 3.81. The van der Waals surface area contributed by atoms with Gasteiger partial charge in [0.25, 0.3) is 0 Å². The summed E-state index contributed by atoms with van der Waals surface area (Å²) >= 11 is 21.0. The van der Waals surface area contributed by atoms with Crippen LogP contribution in [0.1, 0.15) is 0 Å². The van der Waals surface area contributed by atoms with Crippen molar-refractivity contribution in [3.05, 3.63) is 55.9 Å². The first-order valence-electron chi connectivity index (χ1n) is 5.44. The van der Waals surface area contributed by atoms with E-state index in [0.717, 1.165) is 0 Å². The van der Waals surface area contributed by atoms with Gasteiger partial charge in [-0.25, -0.2) is 4.79 Å². The Labute approximate surface area is 139 Å².